The van der Waals surface area contributed by atoms with E-state index in [1.807, 2.05) is 13.8 Å². The Hall–Kier alpha value is -1.26. The molecule has 94 valence electrons. The van der Waals surface area contributed by atoms with E-state index in [2.05, 4.69) is 5.32 Å². The summed E-state index contributed by atoms with van der Waals surface area (Å²) in [7, 11) is 1.54. The van der Waals surface area contributed by atoms with E-state index in [9.17, 15) is 4.79 Å². The molecule has 0 bridgehead atoms. The molecule has 4 nitrogen and oxygen atoms in total. The van der Waals surface area contributed by atoms with Crippen molar-refractivity contribution in [1.82, 2.24) is 0 Å². The van der Waals surface area contributed by atoms with Crippen LogP contribution in [-0.4, -0.2) is 25.7 Å². The maximum atomic E-state index is 11.5. The second-order valence-corrected chi connectivity index (χ2v) is 4.16. The molecule has 0 aliphatic heterocycles. The molecule has 0 unspecified atom stereocenters. The number of benzene rings is 1. The van der Waals surface area contributed by atoms with E-state index < -0.39 is 0 Å². The van der Waals surface area contributed by atoms with Crippen LogP contribution < -0.4 is 10.1 Å². The summed E-state index contributed by atoms with van der Waals surface area (Å²) < 4.78 is 10.2. The third kappa shape index (κ3) is 4.63. The Kier molecular flexibility index (Phi) is 5.25. The number of amides is 1. The Bertz CT molecular complexity index is 393. The second kappa shape index (κ2) is 6.47. The predicted molar refractivity (Wildman–Crippen MR) is 67.7 cm³/mol. The molecule has 0 saturated heterocycles. The summed E-state index contributed by atoms with van der Waals surface area (Å²) >= 11 is 5.93. The maximum absolute atomic E-state index is 11.5. The molecule has 0 saturated carbocycles. The van der Waals surface area contributed by atoms with Gasteiger partial charge < -0.3 is 14.8 Å². The number of nitrogens with one attached hydrogen (secondary N) is 1. The van der Waals surface area contributed by atoms with Crippen LogP contribution in [0.15, 0.2) is 18.2 Å². The Morgan fingerprint density at radius 3 is 2.71 bits per heavy atom. The third-order valence-corrected chi connectivity index (χ3v) is 2.28. The number of ether oxygens (including phenoxy) is 2. The lowest BCUT2D eigenvalue weighted by atomic mass is 10.3. The Balaban J connectivity index is 2.57. The highest BCUT2D eigenvalue weighted by atomic mass is 35.5. The van der Waals surface area contributed by atoms with Crippen molar-refractivity contribution in [2.24, 2.45) is 0 Å². The van der Waals surface area contributed by atoms with Crippen LogP contribution in [0.5, 0.6) is 5.75 Å². The summed E-state index contributed by atoms with van der Waals surface area (Å²) in [6.45, 7) is 3.77. The van der Waals surface area contributed by atoms with Gasteiger partial charge in [-0.1, -0.05) is 11.6 Å². The van der Waals surface area contributed by atoms with E-state index in [4.69, 9.17) is 21.1 Å². The zero-order valence-corrected chi connectivity index (χ0v) is 10.9. The zero-order valence-electron chi connectivity index (χ0n) is 10.1. The van der Waals surface area contributed by atoms with Gasteiger partial charge in [0.25, 0.3) is 0 Å². The molecule has 0 heterocycles. The number of methoxy groups -OCH3 is 1. The molecule has 0 atom stereocenters. The van der Waals surface area contributed by atoms with Crippen LogP contribution in [0.3, 0.4) is 0 Å². The number of rotatable bonds is 5. The number of hydrogen-bond donors (Lipinski definition) is 1. The summed E-state index contributed by atoms with van der Waals surface area (Å²) in [6, 6.07) is 5.05. The van der Waals surface area contributed by atoms with Gasteiger partial charge in [0.05, 0.1) is 18.2 Å². The summed E-state index contributed by atoms with van der Waals surface area (Å²) in [5.41, 5.74) is 0.619. The number of anilines is 1. The molecular weight excluding hydrogens is 242 g/mol. The Morgan fingerprint density at radius 1 is 1.47 bits per heavy atom. The van der Waals surface area contributed by atoms with Crippen molar-refractivity contribution in [2.45, 2.75) is 20.0 Å². The first kappa shape index (κ1) is 13.8. The molecule has 1 amide bonds. The van der Waals surface area contributed by atoms with E-state index in [0.29, 0.717) is 16.5 Å². The lowest BCUT2D eigenvalue weighted by molar-refractivity contribution is -0.121. The smallest absolute Gasteiger partial charge is 0.250 e. The van der Waals surface area contributed by atoms with Crippen LogP contribution in [0.2, 0.25) is 5.02 Å². The SMILES string of the molecule is COc1ccc(NC(=O)COC(C)C)cc1Cl. The Labute approximate surface area is 106 Å². The lowest BCUT2D eigenvalue weighted by Crippen LogP contribution is -2.20. The van der Waals surface area contributed by atoms with Gasteiger partial charge in [0.2, 0.25) is 5.91 Å². The molecule has 0 aliphatic carbocycles. The topological polar surface area (TPSA) is 47.6 Å². The van der Waals surface area contributed by atoms with E-state index in [1.54, 1.807) is 18.2 Å². The van der Waals surface area contributed by atoms with Crippen LogP contribution in [0, 0.1) is 0 Å². The van der Waals surface area contributed by atoms with E-state index in [0.717, 1.165) is 0 Å². The standard InChI is InChI=1S/C12H16ClNO3/c1-8(2)17-7-12(15)14-9-4-5-11(16-3)10(13)6-9/h4-6,8H,7H2,1-3H3,(H,14,15). The van der Waals surface area contributed by atoms with E-state index in [1.165, 1.54) is 7.11 Å². The van der Waals surface area contributed by atoms with Gasteiger partial charge in [0.15, 0.2) is 0 Å². The predicted octanol–water partition coefficient (Wildman–Crippen LogP) is 2.71. The summed E-state index contributed by atoms with van der Waals surface area (Å²) in [5.74, 6) is 0.364. The highest BCUT2D eigenvalue weighted by molar-refractivity contribution is 6.32. The first-order valence-electron chi connectivity index (χ1n) is 5.28. The average molecular weight is 258 g/mol. The molecule has 1 N–H and O–H groups in total. The van der Waals surface area contributed by atoms with Crippen molar-refractivity contribution in [3.63, 3.8) is 0 Å². The van der Waals surface area contributed by atoms with Crippen molar-refractivity contribution in [1.29, 1.82) is 0 Å². The molecule has 5 heteroatoms. The highest BCUT2D eigenvalue weighted by Gasteiger charge is 2.06. The molecule has 0 aliphatic rings. The van der Waals surface area contributed by atoms with Crippen LogP contribution in [0.4, 0.5) is 5.69 Å². The monoisotopic (exact) mass is 257 g/mol. The van der Waals surface area contributed by atoms with E-state index in [-0.39, 0.29) is 18.6 Å². The number of halogens is 1. The van der Waals surface area contributed by atoms with Gasteiger partial charge in [-0.2, -0.15) is 0 Å². The van der Waals surface area contributed by atoms with Gasteiger partial charge in [0, 0.05) is 5.69 Å². The minimum absolute atomic E-state index is 0.0280. The van der Waals surface area contributed by atoms with Gasteiger partial charge >= 0.3 is 0 Å². The fourth-order valence-electron chi connectivity index (χ4n) is 1.18. The molecule has 0 fully saturated rings. The van der Waals surface area contributed by atoms with Crippen LogP contribution in [0.25, 0.3) is 0 Å². The average Bonchev–Trinajstić information content (AvgIpc) is 2.26. The summed E-state index contributed by atoms with van der Waals surface area (Å²) in [4.78, 5) is 11.5. The van der Waals surface area contributed by atoms with Crippen molar-refractivity contribution in [3.8, 4) is 5.75 Å². The van der Waals surface area contributed by atoms with Gasteiger partial charge in [0.1, 0.15) is 12.4 Å². The normalized spacial score (nSPS) is 10.4. The van der Waals surface area contributed by atoms with Crippen molar-refractivity contribution in [2.75, 3.05) is 19.0 Å². The lowest BCUT2D eigenvalue weighted by Gasteiger charge is -2.09. The molecule has 0 aromatic heterocycles. The summed E-state index contributed by atoms with van der Waals surface area (Å²) in [5, 5.41) is 3.14. The second-order valence-electron chi connectivity index (χ2n) is 3.76. The number of hydrogen-bond acceptors (Lipinski definition) is 3. The van der Waals surface area contributed by atoms with Crippen LogP contribution in [-0.2, 0) is 9.53 Å². The maximum Gasteiger partial charge on any atom is 0.250 e. The third-order valence-electron chi connectivity index (χ3n) is 1.98. The molecule has 0 radical (unpaired) electrons. The molecule has 1 aromatic rings. The quantitative estimate of drug-likeness (QED) is 0.882. The first-order valence-corrected chi connectivity index (χ1v) is 5.65. The highest BCUT2D eigenvalue weighted by Crippen LogP contribution is 2.27. The molecule has 1 aromatic carbocycles. The number of carbonyl (C=O) groups excluding carboxylic acids is 1. The van der Waals surface area contributed by atoms with Gasteiger partial charge in [-0.3, -0.25) is 4.79 Å². The minimum atomic E-state index is -0.208. The summed E-state index contributed by atoms with van der Waals surface area (Å²) in [6.07, 6.45) is 0.0280. The van der Waals surface area contributed by atoms with Crippen molar-refractivity contribution in [3.05, 3.63) is 23.2 Å². The minimum Gasteiger partial charge on any atom is -0.495 e. The largest absolute Gasteiger partial charge is 0.495 e. The molecule has 17 heavy (non-hydrogen) atoms. The fourth-order valence-corrected chi connectivity index (χ4v) is 1.44. The van der Waals surface area contributed by atoms with Gasteiger partial charge in [-0.25, -0.2) is 0 Å². The van der Waals surface area contributed by atoms with Gasteiger partial charge in [-0.05, 0) is 32.0 Å². The molecule has 1 rings (SSSR count). The van der Waals surface area contributed by atoms with Gasteiger partial charge in [-0.15, -0.1) is 0 Å². The van der Waals surface area contributed by atoms with Crippen LogP contribution >= 0.6 is 11.6 Å². The van der Waals surface area contributed by atoms with Crippen molar-refractivity contribution >= 4 is 23.2 Å². The zero-order chi connectivity index (χ0) is 12.8. The fraction of sp³-hybridized carbons (Fsp3) is 0.417. The van der Waals surface area contributed by atoms with Crippen LogP contribution in [0.1, 0.15) is 13.8 Å². The molecule has 0 spiro atoms. The number of carbonyl (C=O) groups is 1. The van der Waals surface area contributed by atoms with E-state index >= 15 is 0 Å². The Morgan fingerprint density at radius 2 is 2.18 bits per heavy atom. The molecular formula is C12H16ClNO3. The van der Waals surface area contributed by atoms with Crippen molar-refractivity contribution < 1.29 is 14.3 Å². The first-order chi connectivity index (χ1) is 8.02.